The fourth-order valence-corrected chi connectivity index (χ4v) is 4.18. The third-order valence-corrected chi connectivity index (χ3v) is 5.76. The third kappa shape index (κ3) is 6.97. The summed E-state index contributed by atoms with van der Waals surface area (Å²) in [5.74, 6) is 0. The Bertz CT molecular complexity index is 502. The maximum absolute atomic E-state index is 3.51. The number of rotatable bonds is 3. The van der Waals surface area contributed by atoms with Crippen LogP contribution in [-0.4, -0.2) is 3.21 Å². The quantitative estimate of drug-likeness (QED) is 0.440. The Kier molecular flexibility index (Phi) is 12.8. The second-order valence-electron chi connectivity index (χ2n) is 5.98. The Labute approximate surface area is 169 Å². The van der Waals surface area contributed by atoms with Crippen LogP contribution in [0.1, 0.15) is 71.6 Å². The molecule has 0 heterocycles. The van der Waals surface area contributed by atoms with E-state index in [0.717, 1.165) is 25.7 Å². The SMILES string of the molecule is CCC1=[C-]CC(C2=CC=CC2)=C1CC.Cl.Cl.[Zr]=[C]1CCCCC1. The average Bonchev–Trinajstić information content (AvgIpc) is 3.17. The van der Waals surface area contributed by atoms with E-state index in [1.165, 1.54) is 43.3 Å². The Morgan fingerprint density at radius 1 is 1.04 bits per heavy atom. The molecular formula is C20H29Cl2Zr-. The molecule has 0 aromatic carbocycles. The van der Waals surface area contributed by atoms with Crippen molar-refractivity contribution in [3.63, 3.8) is 0 Å². The molecule has 1 fully saturated rings. The van der Waals surface area contributed by atoms with E-state index in [2.05, 4.69) is 38.2 Å². The summed E-state index contributed by atoms with van der Waals surface area (Å²) in [5, 5.41) is 0. The minimum atomic E-state index is 0. The summed E-state index contributed by atoms with van der Waals surface area (Å²) in [4.78, 5) is 0. The topological polar surface area (TPSA) is 0 Å². The predicted molar refractivity (Wildman–Crippen MR) is 103 cm³/mol. The van der Waals surface area contributed by atoms with Crippen LogP contribution in [0.15, 0.2) is 40.5 Å². The van der Waals surface area contributed by atoms with E-state index >= 15 is 0 Å². The normalized spacial score (nSPS) is 19.3. The monoisotopic (exact) mass is 429 g/mol. The van der Waals surface area contributed by atoms with Crippen molar-refractivity contribution in [1.82, 2.24) is 0 Å². The van der Waals surface area contributed by atoms with Crippen LogP contribution in [0.4, 0.5) is 0 Å². The molecule has 0 aromatic rings. The van der Waals surface area contributed by atoms with Crippen LogP contribution >= 0.6 is 24.8 Å². The molecule has 0 amide bonds. The van der Waals surface area contributed by atoms with E-state index in [1.54, 1.807) is 38.6 Å². The van der Waals surface area contributed by atoms with Crippen molar-refractivity contribution in [1.29, 1.82) is 0 Å². The van der Waals surface area contributed by atoms with Gasteiger partial charge in [-0.2, -0.15) is 5.57 Å². The minimum absolute atomic E-state index is 0. The number of hydrogen-bond acceptors (Lipinski definition) is 0. The van der Waals surface area contributed by atoms with Crippen LogP contribution in [0, 0.1) is 6.08 Å². The Hall–Kier alpha value is 0.293. The average molecular weight is 432 g/mol. The van der Waals surface area contributed by atoms with Gasteiger partial charge in [-0.15, -0.1) is 36.8 Å². The summed E-state index contributed by atoms with van der Waals surface area (Å²) in [6.45, 7) is 4.48. The number of allylic oxidation sites excluding steroid dienone is 8. The van der Waals surface area contributed by atoms with Crippen molar-refractivity contribution in [3.8, 4) is 0 Å². The molecule has 0 unspecified atom stereocenters. The molecular weight excluding hydrogens is 402 g/mol. The first-order chi connectivity index (χ1) is 10.3. The van der Waals surface area contributed by atoms with Gasteiger partial charge in [0.2, 0.25) is 0 Å². The van der Waals surface area contributed by atoms with Gasteiger partial charge >= 0.3 is 59.5 Å². The molecule has 0 aromatic heterocycles. The van der Waals surface area contributed by atoms with Gasteiger partial charge in [-0.1, -0.05) is 50.5 Å². The summed E-state index contributed by atoms with van der Waals surface area (Å²) in [5.41, 5.74) is 6.07. The van der Waals surface area contributed by atoms with Gasteiger partial charge in [0.15, 0.2) is 0 Å². The van der Waals surface area contributed by atoms with Crippen LogP contribution in [0.2, 0.25) is 0 Å². The second-order valence-corrected chi connectivity index (χ2v) is 7.72. The van der Waals surface area contributed by atoms with Gasteiger partial charge in [-0.3, -0.25) is 6.08 Å². The van der Waals surface area contributed by atoms with Crippen molar-refractivity contribution in [2.45, 2.75) is 71.6 Å². The zero-order valence-electron chi connectivity index (χ0n) is 14.4. The molecule has 0 atom stereocenters. The molecule has 3 aliphatic carbocycles. The van der Waals surface area contributed by atoms with Crippen molar-refractivity contribution in [2.24, 2.45) is 0 Å². The van der Waals surface area contributed by atoms with Crippen molar-refractivity contribution < 1.29 is 24.2 Å². The fraction of sp³-hybridized carbons (Fsp3) is 0.550. The first-order valence-corrected chi connectivity index (χ1v) is 9.73. The summed E-state index contributed by atoms with van der Waals surface area (Å²) in [6.07, 6.45) is 21.9. The maximum atomic E-state index is 3.51. The molecule has 0 spiro atoms. The van der Waals surface area contributed by atoms with Gasteiger partial charge in [0.05, 0.1) is 0 Å². The molecule has 0 saturated heterocycles. The summed E-state index contributed by atoms with van der Waals surface area (Å²) in [7, 11) is 0. The molecule has 0 N–H and O–H groups in total. The van der Waals surface area contributed by atoms with Crippen LogP contribution in [0.3, 0.4) is 0 Å². The predicted octanol–water partition coefficient (Wildman–Crippen LogP) is 6.64. The second kappa shape index (κ2) is 12.6. The molecule has 128 valence electrons. The number of hydrogen-bond donors (Lipinski definition) is 0. The molecule has 3 aliphatic rings. The Balaban J connectivity index is 0.000000463. The molecule has 0 bridgehead atoms. The van der Waals surface area contributed by atoms with Gasteiger partial charge in [0.25, 0.3) is 0 Å². The standard InChI is InChI=1S/C14H17.C6H10.2ClH.Zr/c1-3-11-9-10-14(13(11)4-2)12-7-5-6-8-12;1-2-4-6-5-3-1;;;/h5-7H,3-4,8,10H2,1-2H3;1-5H2;2*1H;/q-1;;;;. The fourth-order valence-electron chi connectivity index (χ4n) is 3.31. The van der Waals surface area contributed by atoms with Crippen molar-refractivity contribution in [2.75, 3.05) is 0 Å². The Morgan fingerprint density at radius 2 is 1.74 bits per heavy atom. The summed E-state index contributed by atoms with van der Waals surface area (Å²) < 4.78 is 1.80. The van der Waals surface area contributed by atoms with E-state index in [9.17, 15) is 0 Å². The van der Waals surface area contributed by atoms with E-state index in [-0.39, 0.29) is 24.8 Å². The third-order valence-electron chi connectivity index (χ3n) is 4.53. The van der Waals surface area contributed by atoms with Crippen molar-refractivity contribution in [3.05, 3.63) is 46.6 Å². The van der Waals surface area contributed by atoms with Gasteiger partial charge in [0, 0.05) is 0 Å². The van der Waals surface area contributed by atoms with Gasteiger partial charge in [0.1, 0.15) is 0 Å². The zero-order chi connectivity index (χ0) is 15.1. The van der Waals surface area contributed by atoms with Crippen LogP contribution < -0.4 is 0 Å². The first kappa shape index (κ1) is 23.3. The molecule has 0 aliphatic heterocycles. The molecule has 0 nitrogen and oxygen atoms in total. The van der Waals surface area contributed by atoms with Gasteiger partial charge < -0.3 is 0 Å². The summed E-state index contributed by atoms with van der Waals surface area (Å²) >= 11 is 1.69. The van der Waals surface area contributed by atoms with Crippen LogP contribution in [0.25, 0.3) is 0 Å². The van der Waals surface area contributed by atoms with E-state index < -0.39 is 0 Å². The van der Waals surface area contributed by atoms with Gasteiger partial charge in [-0.25, -0.2) is 5.57 Å². The summed E-state index contributed by atoms with van der Waals surface area (Å²) in [6, 6.07) is 0. The molecule has 1 saturated carbocycles. The van der Waals surface area contributed by atoms with Crippen molar-refractivity contribution >= 4 is 28.0 Å². The van der Waals surface area contributed by atoms with Gasteiger partial charge in [-0.05, 0) is 6.42 Å². The first-order valence-electron chi connectivity index (χ1n) is 8.50. The van der Waals surface area contributed by atoms with E-state index in [1.807, 2.05) is 0 Å². The zero-order valence-corrected chi connectivity index (χ0v) is 18.5. The van der Waals surface area contributed by atoms with Crippen LogP contribution in [0.5, 0.6) is 0 Å². The van der Waals surface area contributed by atoms with Crippen LogP contribution in [-0.2, 0) is 24.2 Å². The van der Waals surface area contributed by atoms with E-state index in [0.29, 0.717) is 0 Å². The Morgan fingerprint density at radius 3 is 2.17 bits per heavy atom. The molecule has 0 radical (unpaired) electrons. The molecule has 23 heavy (non-hydrogen) atoms. The van der Waals surface area contributed by atoms with E-state index in [4.69, 9.17) is 0 Å². The number of halogens is 2. The molecule has 3 heteroatoms. The molecule has 3 rings (SSSR count).